The lowest BCUT2D eigenvalue weighted by Crippen LogP contribution is -2.26. The van der Waals surface area contributed by atoms with Gasteiger partial charge in [-0.25, -0.2) is 9.67 Å². The predicted octanol–water partition coefficient (Wildman–Crippen LogP) is 3.06. The van der Waals surface area contributed by atoms with E-state index in [-0.39, 0.29) is 11.3 Å². The molecule has 3 heterocycles. The van der Waals surface area contributed by atoms with E-state index in [0.717, 1.165) is 16.8 Å². The number of hydrogen-bond donors (Lipinski definition) is 1. The average molecular weight is 389 g/mol. The Hall–Kier alpha value is -3.65. The summed E-state index contributed by atoms with van der Waals surface area (Å²) >= 11 is 1.31. The van der Waals surface area contributed by atoms with Crippen molar-refractivity contribution >= 4 is 22.4 Å². The maximum absolute atomic E-state index is 12.5. The predicted molar refractivity (Wildman–Crippen MR) is 107 cm³/mol. The minimum atomic E-state index is -0.422. The van der Waals surface area contributed by atoms with Crippen molar-refractivity contribution in [2.75, 3.05) is 5.32 Å². The number of nitrogens with one attached hydrogen (secondary N) is 1. The third-order valence-corrected chi connectivity index (χ3v) is 4.71. The van der Waals surface area contributed by atoms with Crippen molar-refractivity contribution in [3.05, 3.63) is 94.0 Å². The molecule has 0 spiro atoms. The van der Waals surface area contributed by atoms with E-state index in [1.807, 2.05) is 47.8 Å². The number of benzene rings is 1. The second-order valence-corrected chi connectivity index (χ2v) is 6.79. The van der Waals surface area contributed by atoms with Gasteiger partial charge in [-0.1, -0.05) is 30.3 Å². The summed E-state index contributed by atoms with van der Waals surface area (Å²) in [4.78, 5) is 33.1. The van der Waals surface area contributed by atoms with E-state index in [2.05, 4.69) is 20.4 Å². The maximum Gasteiger partial charge on any atom is 0.277 e. The third kappa shape index (κ3) is 4.02. The maximum atomic E-state index is 12.5. The smallest absolute Gasteiger partial charge is 0.277 e. The summed E-state index contributed by atoms with van der Waals surface area (Å²) < 4.78 is 1.27. The van der Waals surface area contributed by atoms with Gasteiger partial charge in [0, 0.05) is 29.4 Å². The first-order valence-corrected chi connectivity index (χ1v) is 9.36. The highest BCUT2D eigenvalue weighted by Gasteiger charge is 2.13. The summed E-state index contributed by atoms with van der Waals surface area (Å²) in [7, 11) is 0. The molecule has 0 aliphatic rings. The van der Waals surface area contributed by atoms with Crippen LogP contribution in [0.1, 0.15) is 16.1 Å². The molecule has 3 aromatic heterocycles. The zero-order valence-corrected chi connectivity index (χ0v) is 15.5. The highest BCUT2D eigenvalue weighted by Crippen LogP contribution is 2.24. The number of thiazole rings is 1. The van der Waals surface area contributed by atoms with Gasteiger partial charge in [-0.05, 0) is 23.8 Å². The number of hydrogen-bond acceptors (Lipinski definition) is 6. The van der Waals surface area contributed by atoms with Gasteiger partial charge >= 0.3 is 0 Å². The average Bonchev–Trinajstić information content (AvgIpc) is 3.19. The molecule has 0 aliphatic carbocycles. The Morgan fingerprint density at radius 3 is 2.71 bits per heavy atom. The number of aromatic nitrogens is 4. The Kier molecular flexibility index (Phi) is 5.03. The van der Waals surface area contributed by atoms with E-state index >= 15 is 0 Å². The Labute approximate surface area is 164 Å². The first-order chi connectivity index (χ1) is 13.7. The van der Waals surface area contributed by atoms with Gasteiger partial charge in [0.25, 0.3) is 11.5 Å². The zero-order valence-electron chi connectivity index (χ0n) is 14.6. The molecular weight excluding hydrogens is 374 g/mol. The van der Waals surface area contributed by atoms with Crippen LogP contribution in [0, 0.1) is 0 Å². The molecule has 0 saturated heterocycles. The Morgan fingerprint density at radius 1 is 1.07 bits per heavy atom. The number of anilines is 1. The number of amides is 1. The minimum Gasteiger partial charge on any atom is -0.296 e. The minimum absolute atomic E-state index is 0.147. The Bertz CT molecular complexity index is 1160. The van der Waals surface area contributed by atoms with Crippen molar-refractivity contribution in [2.45, 2.75) is 6.54 Å². The normalized spacial score (nSPS) is 10.6. The van der Waals surface area contributed by atoms with Crippen LogP contribution in [0.4, 0.5) is 5.13 Å². The van der Waals surface area contributed by atoms with Crippen LogP contribution in [-0.2, 0) is 6.54 Å². The molecule has 1 N–H and O–H groups in total. The number of carbonyl (C=O) groups excluding carboxylic acids is 1. The molecule has 28 heavy (non-hydrogen) atoms. The highest BCUT2D eigenvalue weighted by molar-refractivity contribution is 7.14. The summed E-state index contributed by atoms with van der Waals surface area (Å²) in [6, 6.07) is 16.0. The standard InChI is InChI=1S/C20H15N5O2S/c26-18-9-8-16(24-25(18)12-14-5-2-1-3-6-14)19(27)23-20-22-17(13-28-20)15-7-4-10-21-11-15/h1-11,13H,12H2,(H,22,23,27). The molecule has 0 fully saturated rings. The summed E-state index contributed by atoms with van der Waals surface area (Å²) in [5.74, 6) is -0.422. The summed E-state index contributed by atoms with van der Waals surface area (Å²) in [5.41, 5.74) is 2.40. The molecule has 0 bridgehead atoms. The molecule has 0 atom stereocenters. The largest absolute Gasteiger partial charge is 0.296 e. The molecule has 0 radical (unpaired) electrons. The monoisotopic (exact) mass is 389 g/mol. The summed E-state index contributed by atoms with van der Waals surface area (Å²) in [6.07, 6.45) is 3.40. The van der Waals surface area contributed by atoms with Gasteiger partial charge < -0.3 is 0 Å². The van der Waals surface area contributed by atoms with Crippen LogP contribution in [0.25, 0.3) is 11.3 Å². The second kappa shape index (κ2) is 7.93. The molecule has 1 amide bonds. The van der Waals surface area contributed by atoms with Crippen molar-refractivity contribution in [3.63, 3.8) is 0 Å². The fourth-order valence-electron chi connectivity index (χ4n) is 2.58. The van der Waals surface area contributed by atoms with Crippen LogP contribution in [0.2, 0.25) is 0 Å². The van der Waals surface area contributed by atoms with Crippen LogP contribution < -0.4 is 10.9 Å². The number of rotatable bonds is 5. The van der Waals surface area contributed by atoms with Crippen molar-refractivity contribution in [1.82, 2.24) is 19.7 Å². The molecule has 0 aliphatic heterocycles. The van der Waals surface area contributed by atoms with E-state index in [1.165, 1.54) is 28.2 Å². The van der Waals surface area contributed by atoms with Crippen LogP contribution >= 0.6 is 11.3 Å². The number of carbonyl (C=O) groups is 1. The molecule has 4 aromatic rings. The fourth-order valence-corrected chi connectivity index (χ4v) is 3.29. The third-order valence-electron chi connectivity index (χ3n) is 3.96. The molecule has 0 saturated carbocycles. The summed E-state index contributed by atoms with van der Waals surface area (Å²) in [6.45, 7) is 0.295. The SMILES string of the molecule is O=C(Nc1nc(-c2cccnc2)cs1)c1ccc(=O)n(Cc2ccccc2)n1. The quantitative estimate of drug-likeness (QED) is 0.567. The lowest BCUT2D eigenvalue weighted by molar-refractivity contribution is 0.102. The molecule has 4 rings (SSSR count). The van der Waals surface area contributed by atoms with E-state index in [0.29, 0.717) is 11.7 Å². The van der Waals surface area contributed by atoms with Crippen LogP contribution in [0.15, 0.2) is 77.2 Å². The zero-order chi connectivity index (χ0) is 19.3. The van der Waals surface area contributed by atoms with Gasteiger partial charge in [0.15, 0.2) is 5.13 Å². The van der Waals surface area contributed by atoms with Crippen LogP contribution in [0.5, 0.6) is 0 Å². The van der Waals surface area contributed by atoms with Gasteiger partial charge in [-0.2, -0.15) is 5.10 Å². The van der Waals surface area contributed by atoms with E-state index in [4.69, 9.17) is 0 Å². The molecule has 7 nitrogen and oxygen atoms in total. The van der Waals surface area contributed by atoms with E-state index in [1.54, 1.807) is 12.4 Å². The molecule has 1 aromatic carbocycles. The van der Waals surface area contributed by atoms with Gasteiger partial charge in [0.2, 0.25) is 0 Å². The lowest BCUT2D eigenvalue weighted by Gasteiger charge is -2.07. The molecule has 0 unspecified atom stereocenters. The van der Waals surface area contributed by atoms with Gasteiger partial charge in [0.1, 0.15) is 5.69 Å². The van der Waals surface area contributed by atoms with Crippen molar-refractivity contribution < 1.29 is 4.79 Å². The number of nitrogens with zero attached hydrogens (tertiary/aromatic N) is 4. The lowest BCUT2D eigenvalue weighted by atomic mass is 10.2. The van der Waals surface area contributed by atoms with Gasteiger partial charge in [-0.15, -0.1) is 11.3 Å². The molecule has 138 valence electrons. The van der Waals surface area contributed by atoms with Crippen LogP contribution in [-0.4, -0.2) is 25.7 Å². The first-order valence-electron chi connectivity index (χ1n) is 8.48. The topological polar surface area (TPSA) is 89.8 Å². The van der Waals surface area contributed by atoms with Crippen molar-refractivity contribution in [3.8, 4) is 11.3 Å². The first kappa shape index (κ1) is 17.7. The Morgan fingerprint density at radius 2 is 1.93 bits per heavy atom. The second-order valence-electron chi connectivity index (χ2n) is 5.93. The van der Waals surface area contributed by atoms with Crippen LogP contribution in [0.3, 0.4) is 0 Å². The van der Waals surface area contributed by atoms with Gasteiger partial charge in [0.05, 0.1) is 12.2 Å². The van der Waals surface area contributed by atoms with E-state index < -0.39 is 5.91 Å². The van der Waals surface area contributed by atoms with Crippen molar-refractivity contribution in [2.24, 2.45) is 0 Å². The summed E-state index contributed by atoms with van der Waals surface area (Å²) in [5, 5.41) is 9.21. The van der Waals surface area contributed by atoms with Crippen molar-refractivity contribution in [1.29, 1.82) is 0 Å². The molecule has 8 heteroatoms. The van der Waals surface area contributed by atoms with E-state index in [9.17, 15) is 9.59 Å². The Balaban J connectivity index is 1.52. The number of pyridine rings is 1. The fraction of sp³-hybridized carbons (Fsp3) is 0.0500. The highest BCUT2D eigenvalue weighted by atomic mass is 32.1. The van der Waals surface area contributed by atoms with Gasteiger partial charge in [-0.3, -0.25) is 19.9 Å². The molecular formula is C20H15N5O2S.